The van der Waals surface area contributed by atoms with E-state index in [9.17, 15) is 29.1 Å². The Labute approximate surface area is 275 Å². The van der Waals surface area contributed by atoms with Gasteiger partial charge in [-0.15, -0.1) is 0 Å². The minimum absolute atomic E-state index is 0.0586. The molecule has 0 aliphatic heterocycles. The largest absolute Gasteiger partial charge is 0.469 e. The number of hydrogen-bond donors (Lipinski definition) is 1. The predicted octanol–water partition coefficient (Wildman–Crippen LogP) is 4.27. The Bertz CT molecular complexity index is 1620. The van der Waals surface area contributed by atoms with Crippen molar-refractivity contribution in [1.82, 2.24) is 0 Å². The average molecular weight is 676 g/mol. The lowest BCUT2D eigenvalue weighted by Gasteiger charge is -2.55. The quantitative estimate of drug-likeness (QED) is 0.185. The van der Waals surface area contributed by atoms with Crippen molar-refractivity contribution in [2.75, 3.05) is 28.4 Å². The lowest BCUT2D eigenvalue weighted by Crippen LogP contribution is -2.68. The first-order valence-electron chi connectivity index (χ1n) is 14.1. The van der Waals surface area contributed by atoms with Crippen LogP contribution >= 0.6 is 23.2 Å². The number of benzene rings is 2. The Morgan fingerprint density at radius 2 is 1.46 bits per heavy atom. The van der Waals surface area contributed by atoms with Crippen LogP contribution in [0.1, 0.15) is 24.5 Å². The molecule has 0 aromatic heterocycles. The summed E-state index contributed by atoms with van der Waals surface area (Å²) < 4.78 is 25.9. The molecule has 2 aromatic carbocycles. The minimum Gasteiger partial charge on any atom is -0.469 e. The summed E-state index contributed by atoms with van der Waals surface area (Å²) in [4.78, 5) is 67.9. The summed E-state index contributed by atoms with van der Waals surface area (Å²) in [5.74, 6) is -13.2. The summed E-state index contributed by atoms with van der Waals surface area (Å²) in [5.41, 5.74) is -2.36. The fourth-order valence-electron chi connectivity index (χ4n) is 6.58. The van der Waals surface area contributed by atoms with Crippen LogP contribution in [-0.4, -0.2) is 69.0 Å². The molecule has 0 amide bonds. The zero-order valence-electron chi connectivity index (χ0n) is 25.6. The first kappa shape index (κ1) is 34.7. The second-order valence-electron chi connectivity index (χ2n) is 10.9. The Balaban J connectivity index is 2.03. The van der Waals surface area contributed by atoms with Crippen molar-refractivity contribution in [3.05, 3.63) is 81.0 Å². The monoisotopic (exact) mass is 674 g/mol. The summed E-state index contributed by atoms with van der Waals surface area (Å²) in [5, 5.41) is 12.9. The summed E-state index contributed by atoms with van der Waals surface area (Å²) in [7, 11) is 4.20. The van der Waals surface area contributed by atoms with Crippen LogP contribution in [0.2, 0.25) is 10.0 Å². The van der Waals surface area contributed by atoms with Crippen molar-refractivity contribution in [3.8, 4) is 0 Å². The van der Waals surface area contributed by atoms with E-state index in [0.717, 1.165) is 28.4 Å². The summed E-state index contributed by atoms with van der Waals surface area (Å²) in [6.45, 7) is 1.59. The molecule has 0 spiro atoms. The molecule has 0 saturated heterocycles. The summed E-state index contributed by atoms with van der Waals surface area (Å²) in [6.07, 6.45) is 1.41. The molecule has 2 aliphatic carbocycles. The number of halogens is 2. The van der Waals surface area contributed by atoms with Crippen LogP contribution in [0.4, 0.5) is 0 Å². The van der Waals surface area contributed by atoms with Crippen LogP contribution in [0, 0.1) is 29.6 Å². The molecule has 13 heteroatoms. The van der Waals surface area contributed by atoms with Gasteiger partial charge >= 0.3 is 29.8 Å². The van der Waals surface area contributed by atoms with Crippen molar-refractivity contribution in [1.29, 1.82) is 0 Å². The van der Waals surface area contributed by atoms with Gasteiger partial charge in [-0.05, 0) is 36.1 Å². The van der Waals surface area contributed by atoms with Crippen molar-refractivity contribution in [2.24, 2.45) is 29.6 Å². The van der Waals surface area contributed by atoms with Crippen LogP contribution < -0.4 is 0 Å². The second kappa shape index (κ2) is 14.1. The van der Waals surface area contributed by atoms with E-state index in [1.807, 2.05) is 0 Å². The van der Waals surface area contributed by atoms with E-state index in [-0.39, 0.29) is 28.2 Å². The SMILES string of the molecule is COC(=O)C1=C(OC(=O)/C(=C/c2ccccc2)c2ccc(Cl)cc2Cl)C(C(=O)OC)[C@@]2(O)[C@@H](C(=O)OC)[C@H](C)C[C@@H]1[C@@H]2C(=O)OC. The fraction of sp³-hybridized carbons (Fsp3) is 0.364. The maximum Gasteiger partial charge on any atom is 0.343 e. The molecule has 6 atom stereocenters. The third-order valence-electron chi connectivity index (χ3n) is 8.46. The van der Waals surface area contributed by atoms with E-state index >= 15 is 0 Å². The highest BCUT2D eigenvalue weighted by Gasteiger charge is 2.71. The topological polar surface area (TPSA) is 152 Å². The number of rotatable bonds is 8. The van der Waals surface area contributed by atoms with E-state index in [4.69, 9.17) is 46.9 Å². The van der Waals surface area contributed by atoms with Crippen LogP contribution in [0.25, 0.3) is 11.6 Å². The minimum atomic E-state index is -2.63. The molecular weight excluding hydrogens is 643 g/mol. The number of ether oxygens (including phenoxy) is 5. The van der Waals surface area contributed by atoms with Crippen molar-refractivity contribution in [2.45, 2.75) is 18.9 Å². The van der Waals surface area contributed by atoms with Crippen LogP contribution in [0.5, 0.6) is 0 Å². The van der Waals surface area contributed by atoms with Gasteiger partial charge in [0, 0.05) is 16.5 Å². The molecule has 11 nitrogen and oxygen atoms in total. The first-order valence-corrected chi connectivity index (χ1v) is 14.8. The van der Waals surface area contributed by atoms with Gasteiger partial charge in [-0.25, -0.2) is 9.59 Å². The first-order chi connectivity index (χ1) is 21.8. The fourth-order valence-corrected chi connectivity index (χ4v) is 7.09. The van der Waals surface area contributed by atoms with E-state index in [1.165, 1.54) is 24.3 Å². The Kier molecular flexibility index (Phi) is 10.6. The number of hydrogen-bond acceptors (Lipinski definition) is 11. The molecule has 1 fully saturated rings. The highest BCUT2D eigenvalue weighted by molar-refractivity contribution is 6.37. The van der Waals surface area contributed by atoms with Gasteiger partial charge < -0.3 is 28.8 Å². The number of esters is 5. The molecule has 0 radical (unpaired) electrons. The Morgan fingerprint density at radius 3 is 2.02 bits per heavy atom. The third-order valence-corrected chi connectivity index (χ3v) is 9.01. The number of methoxy groups -OCH3 is 4. The zero-order valence-corrected chi connectivity index (χ0v) is 27.1. The van der Waals surface area contributed by atoms with E-state index < -0.39 is 70.8 Å². The summed E-state index contributed by atoms with van der Waals surface area (Å²) in [6, 6.07) is 13.1. The van der Waals surface area contributed by atoms with E-state index in [2.05, 4.69) is 0 Å². The van der Waals surface area contributed by atoms with Gasteiger partial charge in [0.25, 0.3) is 0 Å². The summed E-state index contributed by atoms with van der Waals surface area (Å²) >= 11 is 12.6. The predicted molar refractivity (Wildman–Crippen MR) is 165 cm³/mol. The van der Waals surface area contributed by atoms with Gasteiger partial charge in [0.2, 0.25) is 0 Å². The van der Waals surface area contributed by atoms with Gasteiger partial charge in [0.05, 0.1) is 56.4 Å². The number of carbonyl (C=O) groups excluding carboxylic acids is 5. The molecule has 0 heterocycles. The Hall–Kier alpha value is -4.19. The molecular formula is C33H32Cl2O11. The van der Waals surface area contributed by atoms with Crippen LogP contribution in [-0.2, 0) is 47.7 Å². The van der Waals surface area contributed by atoms with Gasteiger partial charge in [0.1, 0.15) is 17.3 Å². The molecule has 46 heavy (non-hydrogen) atoms. The molecule has 4 rings (SSSR count). The molecule has 1 unspecified atom stereocenters. The second-order valence-corrected chi connectivity index (χ2v) is 11.8. The standard InChI is InChI=1S/C33H32Cl2O11/c1-16-13-21-23(29(37)42-2)27(26(32(40)45-5)33(41,24(16)30(38)43-3)25(21)31(39)44-4)46-28(36)20(14-17-9-7-6-8-10-17)19-12-11-18(34)15-22(19)35/h6-12,14-16,21,24-26,41H,13H2,1-5H3/b20-14+/t16-,21+,24-,25-,26?,33-/m1/s1. The molecule has 1 saturated carbocycles. The Morgan fingerprint density at radius 1 is 0.848 bits per heavy atom. The van der Waals surface area contributed by atoms with Gasteiger partial charge in [-0.2, -0.15) is 0 Å². The lowest BCUT2D eigenvalue weighted by molar-refractivity contribution is -0.212. The smallest absolute Gasteiger partial charge is 0.343 e. The van der Waals surface area contributed by atoms with Gasteiger partial charge in [-0.3, -0.25) is 14.4 Å². The maximum atomic E-state index is 14.2. The molecule has 244 valence electrons. The highest BCUT2D eigenvalue weighted by Crippen LogP contribution is 2.58. The van der Waals surface area contributed by atoms with Crippen molar-refractivity contribution in [3.63, 3.8) is 0 Å². The molecule has 1 N–H and O–H groups in total. The average Bonchev–Trinajstić information content (AvgIpc) is 3.03. The van der Waals surface area contributed by atoms with Crippen LogP contribution in [0.3, 0.4) is 0 Å². The zero-order chi connectivity index (χ0) is 33.9. The van der Waals surface area contributed by atoms with Gasteiger partial charge in [-0.1, -0.05) is 66.5 Å². The number of fused-ring (bicyclic) bond motifs is 2. The highest BCUT2D eigenvalue weighted by atomic mass is 35.5. The maximum absolute atomic E-state index is 14.2. The van der Waals surface area contributed by atoms with E-state index in [0.29, 0.717) is 10.6 Å². The number of carbonyl (C=O) groups is 5. The van der Waals surface area contributed by atoms with Crippen molar-refractivity contribution >= 4 is 64.7 Å². The van der Waals surface area contributed by atoms with E-state index in [1.54, 1.807) is 37.3 Å². The molecule has 2 aliphatic rings. The molecule has 2 bridgehead atoms. The lowest BCUT2D eigenvalue weighted by atomic mass is 9.50. The van der Waals surface area contributed by atoms with Crippen molar-refractivity contribution < 1.29 is 52.8 Å². The van der Waals surface area contributed by atoms with Gasteiger partial charge in [0.15, 0.2) is 0 Å². The molecule has 2 aromatic rings. The number of aliphatic hydroxyl groups is 1. The third kappa shape index (κ3) is 6.14. The normalized spacial score (nSPS) is 25.7. The van der Waals surface area contributed by atoms with Crippen LogP contribution in [0.15, 0.2) is 59.9 Å².